The lowest BCUT2D eigenvalue weighted by atomic mass is 10.1. The molecule has 0 bridgehead atoms. The minimum atomic E-state index is -4.43. The van der Waals surface area contributed by atoms with Gasteiger partial charge in [-0.25, -0.2) is 9.31 Å². The molecule has 10 heteroatoms. The number of benzene rings is 2. The maximum atomic E-state index is 12.6. The van der Waals surface area contributed by atoms with Crippen LogP contribution in [0.5, 0.6) is 0 Å². The molecular weight excluding hydrogens is 397 g/mol. The zero-order valence-corrected chi connectivity index (χ0v) is 15.3. The van der Waals surface area contributed by atoms with Crippen LogP contribution < -0.4 is 16.4 Å². The van der Waals surface area contributed by atoms with Crippen molar-refractivity contribution >= 4 is 28.7 Å². The summed E-state index contributed by atoms with van der Waals surface area (Å²) < 4.78 is 39.4. The number of nitrogen functional groups attached to an aromatic ring is 1. The molecule has 0 saturated carbocycles. The largest absolute Gasteiger partial charge is 0.416 e. The molecule has 0 atom stereocenters. The molecule has 0 aliphatic rings. The summed E-state index contributed by atoms with van der Waals surface area (Å²) in [6, 6.07) is 14.3. The van der Waals surface area contributed by atoms with E-state index in [9.17, 15) is 18.0 Å². The Morgan fingerprint density at radius 2 is 1.53 bits per heavy atom. The van der Waals surface area contributed by atoms with Crippen LogP contribution >= 0.6 is 0 Å². The van der Waals surface area contributed by atoms with E-state index in [1.165, 1.54) is 12.1 Å². The fraction of sp³-hybridized carbons (Fsp3) is 0.0500. The predicted octanol–water partition coefficient (Wildman–Crippen LogP) is 4.64. The van der Waals surface area contributed by atoms with Gasteiger partial charge in [-0.1, -0.05) is 23.4 Å². The summed E-state index contributed by atoms with van der Waals surface area (Å²) in [5.41, 5.74) is 8.23. The first-order valence-corrected chi connectivity index (χ1v) is 8.76. The minimum absolute atomic E-state index is 0.243. The number of carbonyl (C=O) groups is 1. The second-order valence-electron chi connectivity index (χ2n) is 6.42. The minimum Gasteiger partial charge on any atom is -0.380 e. The van der Waals surface area contributed by atoms with Gasteiger partial charge in [-0.3, -0.25) is 0 Å². The Kier molecular flexibility index (Phi) is 4.74. The van der Waals surface area contributed by atoms with Crippen molar-refractivity contribution in [1.29, 1.82) is 0 Å². The van der Waals surface area contributed by atoms with Crippen LogP contribution in [0.4, 0.5) is 35.2 Å². The van der Waals surface area contributed by atoms with Gasteiger partial charge in [0, 0.05) is 23.1 Å². The Labute approximate surface area is 168 Å². The quantitative estimate of drug-likeness (QED) is 0.457. The molecule has 152 valence electrons. The van der Waals surface area contributed by atoms with E-state index < -0.39 is 17.8 Å². The van der Waals surface area contributed by atoms with E-state index in [1.807, 2.05) is 12.1 Å². The third-order valence-corrected chi connectivity index (χ3v) is 4.39. The Balaban J connectivity index is 1.46. The first kappa shape index (κ1) is 19.2. The van der Waals surface area contributed by atoms with E-state index in [-0.39, 0.29) is 5.69 Å². The average Bonchev–Trinajstić information content (AvgIpc) is 3.09. The first-order valence-electron chi connectivity index (χ1n) is 8.76. The van der Waals surface area contributed by atoms with Gasteiger partial charge in [0.05, 0.1) is 5.56 Å². The molecule has 0 fully saturated rings. The van der Waals surface area contributed by atoms with Crippen molar-refractivity contribution in [3.63, 3.8) is 0 Å². The van der Waals surface area contributed by atoms with Crippen molar-refractivity contribution in [2.24, 2.45) is 0 Å². The molecular formula is C20H15F3N6O. The van der Waals surface area contributed by atoms with Crippen LogP contribution in [0.1, 0.15) is 5.56 Å². The fourth-order valence-electron chi connectivity index (χ4n) is 2.97. The molecule has 4 rings (SSSR count). The van der Waals surface area contributed by atoms with Crippen LogP contribution in [0.2, 0.25) is 0 Å². The van der Waals surface area contributed by atoms with E-state index in [0.29, 0.717) is 17.0 Å². The number of anilines is 3. The van der Waals surface area contributed by atoms with E-state index >= 15 is 0 Å². The molecule has 30 heavy (non-hydrogen) atoms. The smallest absolute Gasteiger partial charge is 0.380 e. The van der Waals surface area contributed by atoms with Crippen LogP contribution in [0.25, 0.3) is 16.6 Å². The Morgan fingerprint density at radius 3 is 2.13 bits per heavy atom. The summed E-state index contributed by atoms with van der Waals surface area (Å²) in [5.74, 6) is 0.309. The van der Waals surface area contributed by atoms with Crippen molar-refractivity contribution in [2.45, 2.75) is 6.18 Å². The number of hydrogen-bond donors (Lipinski definition) is 3. The van der Waals surface area contributed by atoms with Gasteiger partial charge in [0.15, 0.2) is 5.82 Å². The number of amides is 2. The standard InChI is InChI=1S/C20H15F3N6O/c21-20(22,23)13-5-9-15(10-6-13)26-19(30)25-14-7-3-12(4-8-14)16-2-1-11-29-17(16)18(24)27-28-29/h1-11H,24H2,(H2,25,26,30). The lowest BCUT2D eigenvalue weighted by Crippen LogP contribution is -2.19. The second kappa shape index (κ2) is 7.39. The van der Waals surface area contributed by atoms with Gasteiger partial charge in [-0.2, -0.15) is 13.2 Å². The lowest BCUT2D eigenvalue weighted by Gasteiger charge is -2.10. The molecule has 0 unspecified atom stereocenters. The molecule has 0 aliphatic carbocycles. The summed E-state index contributed by atoms with van der Waals surface area (Å²) in [6.45, 7) is 0. The fourth-order valence-corrected chi connectivity index (χ4v) is 2.97. The predicted molar refractivity (Wildman–Crippen MR) is 107 cm³/mol. The molecule has 0 saturated heterocycles. The second-order valence-corrected chi connectivity index (χ2v) is 6.42. The summed E-state index contributed by atoms with van der Waals surface area (Å²) in [4.78, 5) is 12.1. The highest BCUT2D eigenvalue weighted by atomic mass is 19.4. The van der Waals surface area contributed by atoms with Crippen LogP contribution in [-0.2, 0) is 6.18 Å². The maximum absolute atomic E-state index is 12.6. The van der Waals surface area contributed by atoms with E-state index in [1.54, 1.807) is 35.0 Å². The molecule has 2 heterocycles. The number of nitrogens with zero attached hydrogens (tertiary/aromatic N) is 3. The summed E-state index contributed by atoms with van der Waals surface area (Å²) in [7, 11) is 0. The Hall–Kier alpha value is -4.08. The number of nitrogens with two attached hydrogens (primary N) is 1. The number of aromatic nitrogens is 3. The number of alkyl halides is 3. The number of rotatable bonds is 3. The number of nitrogens with one attached hydrogen (secondary N) is 2. The highest BCUT2D eigenvalue weighted by Gasteiger charge is 2.29. The van der Waals surface area contributed by atoms with Gasteiger partial charge in [0.25, 0.3) is 0 Å². The molecule has 7 nitrogen and oxygen atoms in total. The normalized spacial score (nSPS) is 11.4. The molecule has 4 aromatic rings. The Bertz CT molecular complexity index is 1200. The van der Waals surface area contributed by atoms with Crippen molar-refractivity contribution in [1.82, 2.24) is 14.8 Å². The van der Waals surface area contributed by atoms with E-state index in [2.05, 4.69) is 20.9 Å². The van der Waals surface area contributed by atoms with Gasteiger partial charge >= 0.3 is 12.2 Å². The maximum Gasteiger partial charge on any atom is 0.416 e. The molecule has 4 N–H and O–H groups in total. The van der Waals surface area contributed by atoms with Gasteiger partial charge in [0.1, 0.15) is 5.52 Å². The van der Waals surface area contributed by atoms with E-state index in [0.717, 1.165) is 23.3 Å². The number of halogens is 3. The van der Waals surface area contributed by atoms with Crippen molar-refractivity contribution in [3.05, 3.63) is 72.4 Å². The van der Waals surface area contributed by atoms with Gasteiger partial charge in [-0.15, -0.1) is 5.10 Å². The summed E-state index contributed by atoms with van der Waals surface area (Å²) in [6.07, 6.45) is -2.69. The van der Waals surface area contributed by atoms with Crippen LogP contribution in [0.3, 0.4) is 0 Å². The van der Waals surface area contributed by atoms with Gasteiger partial charge in [0.2, 0.25) is 0 Å². The van der Waals surface area contributed by atoms with Gasteiger partial charge in [-0.05, 0) is 48.0 Å². The first-order chi connectivity index (χ1) is 14.3. The van der Waals surface area contributed by atoms with Gasteiger partial charge < -0.3 is 16.4 Å². The number of carbonyl (C=O) groups excluding carboxylic acids is 1. The topological polar surface area (TPSA) is 97.3 Å². The molecule has 0 radical (unpaired) electrons. The monoisotopic (exact) mass is 412 g/mol. The number of fused-ring (bicyclic) bond motifs is 1. The molecule has 2 aromatic carbocycles. The van der Waals surface area contributed by atoms with Crippen LogP contribution in [-0.4, -0.2) is 20.9 Å². The molecule has 2 aromatic heterocycles. The summed E-state index contributed by atoms with van der Waals surface area (Å²) >= 11 is 0. The van der Waals surface area contributed by atoms with E-state index in [4.69, 9.17) is 5.73 Å². The highest BCUT2D eigenvalue weighted by Crippen LogP contribution is 2.30. The van der Waals surface area contributed by atoms with Crippen LogP contribution in [0.15, 0.2) is 66.9 Å². The third kappa shape index (κ3) is 3.88. The van der Waals surface area contributed by atoms with Crippen molar-refractivity contribution in [3.8, 4) is 11.1 Å². The number of pyridine rings is 1. The summed E-state index contributed by atoms with van der Waals surface area (Å²) in [5, 5.41) is 12.9. The zero-order chi connectivity index (χ0) is 21.3. The molecule has 0 spiro atoms. The highest BCUT2D eigenvalue weighted by molar-refractivity contribution is 6.00. The zero-order valence-electron chi connectivity index (χ0n) is 15.3. The molecule has 2 amide bonds. The lowest BCUT2D eigenvalue weighted by molar-refractivity contribution is -0.137. The number of hydrogen-bond acceptors (Lipinski definition) is 4. The number of urea groups is 1. The van der Waals surface area contributed by atoms with Crippen molar-refractivity contribution in [2.75, 3.05) is 16.4 Å². The Morgan fingerprint density at radius 1 is 0.933 bits per heavy atom. The third-order valence-electron chi connectivity index (χ3n) is 4.39. The molecule has 0 aliphatic heterocycles. The van der Waals surface area contributed by atoms with Crippen LogP contribution in [0, 0.1) is 0 Å². The SMILES string of the molecule is Nc1nnn2cccc(-c3ccc(NC(=O)Nc4ccc(C(F)(F)F)cc4)cc3)c12. The van der Waals surface area contributed by atoms with Crippen molar-refractivity contribution < 1.29 is 18.0 Å². The average molecular weight is 412 g/mol.